The molecule has 1 aromatic carbocycles. The van der Waals surface area contributed by atoms with Gasteiger partial charge in [0.05, 0.1) is 4.88 Å². The Balaban J connectivity index is 1.89. The van der Waals surface area contributed by atoms with Gasteiger partial charge in [0.25, 0.3) is 0 Å². The van der Waals surface area contributed by atoms with Crippen LogP contribution in [0, 0.1) is 6.92 Å². The summed E-state index contributed by atoms with van der Waals surface area (Å²) in [6.07, 6.45) is 1.94. The van der Waals surface area contributed by atoms with E-state index in [1.165, 1.54) is 15.0 Å². The van der Waals surface area contributed by atoms with Gasteiger partial charge in [-0.2, -0.15) is 0 Å². The lowest BCUT2D eigenvalue weighted by atomic mass is 10.1. The Morgan fingerprint density at radius 1 is 1.14 bits per heavy atom. The maximum Gasteiger partial charge on any atom is 0.205 e. The molecule has 0 fully saturated rings. The largest absolute Gasteiger partial charge is 0.350 e. The smallest absolute Gasteiger partial charge is 0.205 e. The molecule has 4 aromatic rings. The van der Waals surface area contributed by atoms with Crippen LogP contribution in [0.15, 0.2) is 41.9 Å². The number of ketones is 1. The van der Waals surface area contributed by atoms with Gasteiger partial charge in [0.1, 0.15) is 0 Å². The molecule has 0 N–H and O–H groups in total. The van der Waals surface area contributed by atoms with E-state index in [2.05, 4.69) is 30.5 Å². The van der Waals surface area contributed by atoms with Crippen LogP contribution in [-0.2, 0) is 7.05 Å². The fourth-order valence-corrected chi connectivity index (χ4v) is 4.75. The van der Waals surface area contributed by atoms with E-state index in [4.69, 9.17) is 0 Å². The van der Waals surface area contributed by atoms with Crippen molar-refractivity contribution in [1.82, 2.24) is 4.57 Å². The van der Waals surface area contributed by atoms with Gasteiger partial charge in [-0.05, 0) is 36.1 Å². The summed E-state index contributed by atoms with van der Waals surface area (Å²) in [7, 11) is 1.99. The molecule has 0 spiro atoms. The second kappa shape index (κ2) is 4.55. The minimum atomic E-state index is 0.123. The molecule has 0 amide bonds. The Labute approximate surface area is 130 Å². The fourth-order valence-electron chi connectivity index (χ4n) is 2.69. The van der Waals surface area contributed by atoms with Crippen LogP contribution in [0.25, 0.3) is 20.3 Å². The van der Waals surface area contributed by atoms with Crippen molar-refractivity contribution in [3.05, 3.63) is 57.9 Å². The molecule has 21 heavy (non-hydrogen) atoms. The van der Waals surface area contributed by atoms with Crippen LogP contribution < -0.4 is 0 Å². The van der Waals surface area contributed by atoms with Crippen molar-refractivity contribution in [3.63, 3.8) is 0 Å². The third-order valence-corrected chi connectivity index (χ3v) is 5.85. The first-order valence-corrected chi connectivity index (χ1v) is 8.40. The number of carbonyl (C=O) groups is 1. The van der Waals surface area contributed by atoms with Crippen molar-refractivity contribution in [3.8, 4) is 0 Å². The van der Waals surface area contributed by atoms with Crippen molar-refractivity contribution in [2.24, 2.45) is 7.05 Å². The number of thiophene rings is 2. The molecule has 3 aromatic heterocycles. The van der Waals surface area contributed by atoms with Crippen LogP contribution in [0.4, 0.5) is 0 Å². The van der Waals surface area contributed by atoms with Crippen molar-refractivity contribution in [1.29, 1.82) is 0 Å². The lowest BCUT2D eigenvalue weighted by molar-refractivity contribution is 0.104. The summed E-state index contributed by atoms with van der Waals surface area (Å²) < 4.78 is 4.42. The van der Waals surface area contributed by atoms with E-state index in [9.17, 15) is 4.79 Å². The van der Waals surface area contributed by atoms with E-state index in [1.807, 2.05) is 29.9 Å². The molecule has 0 aliphatic rings. The minimum absolute atomic E-state index is 0.123. The number of hydrogen-bond acceptors (Lipinski definition) is 3. The second-order valence-electron chi connectivity index (χ2n) is 5.26. The normalized spacial score (nSPS) is 11.5. The van der Waals surface area contributed by atoms with E-state index in [1.54, 1.807) is 22.7 Å². The molecule has 0 aliphatic heterocycles. The Bertz CT molecular complexity index is 958. The fraction of sp³-hybridized carbons (Fsp3) is 0.118. The van der Waals surface area contributed by atoms with Gasteiger partial charge in [-0.3, -0.25) is 4.79 Å². The standard InChI is InChI=1S/C17H13NOS2/c1-10-3-4-11-12(9-18(2)13(11)7-10)17(19)16-8-15-14(21-16)5-6-20-15/h3-9H,1-2H3. The van der Waals surface area contributed by atoms with Gasteiger partial charge in [0, 0.05) is 39.1 Å². The summed E-state index contributed by atoms with van der Waals surface area (Å²) in [5.41, 5.74) is 3.11. The monoisotopic (exact) mass is 311 g/mol. The van der Waals surface area contributed by atoms with Gasteiger partial charge >= 0.3 is 0 Å². The molecule has 0 saturated carbocycles. The summed E-state index contributed by atoms with van der Waals surface area (Å²) in [6, 6.07) is 10.3. The maximum atomic E-state index is 12.8. The van der Waals surface area contributed by atoms with Gasteiger partial charge in [-0.1, -0.05) is 12.1 Å². The van der Waals surface area contributed by atoms with Crippen LogP contribution >= 0.6 is 22.7 Å². The molecule has 0 atom stereocenters. The van der Waals surface area contributed by atoms with Crippen LogP contribution in [0.1, 0.15) is 20.8 Å². The molecule has 0 saturated heterocycles. The summed E-state index contributed by atoms with van der Waals surface area (Å²) >= 11 is 3.26. The first kappa shape index (κ1) is 12.8. The Morgan fingerprint density at radius 3 is 2.81 bits per heavy atom. The number of benzene rings is 1. The van der Waals surface area contributed by atoms with Gasteiger partial charge < -0.3 is 4.57 Å². The van der Waals surface area contributed by atoms with Crippen LogP contribution in [-0.4, -0.2) is 10.4 Å². The van der Waals surface area contributed by atoms with Gasteiger partial charge in [-0.25, -0.2) is 0 Å². The number of carbonyl (C=O) groups excluding carboxylic acids is 1. The number of rotatable bonds is 2. The van der Waals surface area contributed by atoms with Gasteiger partial charge in [0.15, 0.2) is 0 Å². The van der Waals surface area contributed by atoms with Crippen LogP contribution in [0.2, 0.25) is 0 Å². The summed E-state index contributed by atoms with van der Waals surface area (Å²) in [5.74, 6) is 0.123. The Hall–Kier alpha value is -1.91. The molecule has 0 radical (unpaired) electrons. The molecule has 0 bridgehead atoms. The molecule has 0 unspecified atom stereocenters. The number of aryl methyl sites for hydroxylation is 2. The van der Waals surface area contributed by atoms with Crippen molar-refractivity contribution in [2.75, 3.05) is 0 Å². The SMILES string of the molecule is Cc1ccc2c(C(=O)c3cc4sccc4s3)cn(C)c2c1. The average Bonchev–Trinajstić information content (AvgIpc) is 3.11. The predicted molar refractivity (Wildman–Crippen MR) is 90.8 cm³/mol. The summed E-state index contributed by atoms with van der Waals surface area (Å²) in [6.45, 7) is 2.07. The summed E-state index contributed by atoms with van der Waals surface area (Å²) in [5, 5.41) is 3.10. The quantitative estimate of drug-likeness (QED) is 0.478. The first-order valence-electron chi connectivity index (χ1n) is 6.71. The van der Waals surface area contributed by atoms with Gasteiger partial charge in [0.2, 0.25) is 5.78 Å². The molecule has 104 valence electrons. The number of aromatic nitrogens is 1. The highest BCUT2D eigenvalue weighted by Crippen LogP contribution is 2.33. The van der Waals surface area contributed by atoms with Gasteiger partial charge in [-0.15, -0.1) is 22.7 Å². The Morgan fingerprint density at radius 2 is 2.00 bits per heavy atom. The highest BCUT2D eigenvalue weighted by Gasteiger charge is 2.18. The predicted octanol–water partition coefficient (Wildman–Crippen LogP) is 4.99. The summed E-state index contributed by atoms with van der Waals surface area (Å²) in [4.78, 5) is 13.7. The zero-order chi connectivity index (χ0) is 14.6. The van der Waals surface area contributed by atoms with E-state index < -0.39 is 0 Å². The van der Waals surface area contributed by atoms with Crippen molar-refractivity contribution in [2.45, 2.75) is 6.92 Å². The topological polar surface area (TPSA) is 22.0 Å². The van der Waals surface area contributed by atoms with E-state index in [0.29, 0.717) is 0 Å². The number of nitrogens with zero attached hydrogens (tertiary/aromatic N) is 1. The van der Waals surface area contributed by atoms with E-state index >= 15 is 0 Å². The number of fused-ring (bicyclic) bond motifs is 2. The van der Waals surface area contributed by atoms with Crippen molar-refractivity contribution >= 4 is 48.8 Å². The minimum Gasteiger partial charge on any atom is -0.350 e. The lowest BCUT2D eigenvalue weighted by Gasteiger charge is -1.98. The maximum absolute atomic E-state index is 12.8. The highest BCUT2D eigenvalue weighted by atomic mass is 32.1. The average molecular weight is 311 g/mol. The molecule has 2 nitrogen and oxygen atoms in total. The highest BCUT2D eigenvalue weighted by molar-refractivity contribution is 7.28. The Kier molecular flexibility index (Phi) is 2.77. The van der Waals surface area contributed by atoms with Crippen LogP contribution in [0.5, 0.6) is 0 Å². The molecule has 3 heterocycles. The van der Waals surface area contributed by atoms with Crippen molar-refractivity contribution < 1.29 is 4.79 Å². The second-order valence-corrected chi connectivity index (χ2v) is 7.29. The molecular weight excluding hydrogens is 298 g/mol. The molecule has 4 heteroatoms. The van der Waals surface area contributed by atoms with Crippen LogP contribution in [0.3, 0.4) is 0 Å². The first-order chi connectivity index (χ1) is 10.1. The molecule has 0 aliphatic carbocycles. The number of hydrogen-bond donors (Lipinski definition) is 0. The van der Waals surface area contributed by atoms with E-state index in [-0.39, 0.29) is 5.78 Å². The zero-order valence-electron chi connectivity index (χ0n) is 11.7. The lowest BCUT2D eigenvalue weighted by Crippen LogP contribution is -1.97. The third kappa shape index (κ3) is 1.94. The molecule has 4 rings (SSSR count). The zero-order valence-corrected chi connectivity index (χ0v) is 13.3. The molecular formula is C17H13NOS2. The van der Waals surface area contributed by atoms with E-state index in [0.717, 1.165) is 21.3 Å². The third-order valence-electron chi connectivity index (χ3n) is 3.75.